The first-order valence-corrected chi connectivity index (χ1v) is 9.92. The van der Waals surface area contributed by atoms with Gasteiger partial charge in [0.2, 0.25) is 0 Å². The maximum absolute atomic E-state index is 12.3. The number of amides is 1. The van der Waals surface area contributed by atoms with Crippen LogP contribution >= 0.6 is 0 Å². The van der Waals surface area contributed by atoms with Crippen molar-refractivity contribution in [3.8, 4) is 0 Å². The van der Waals surface area contributed by atoms with E-state index in [4.69, 9.17) is 4.74 Å². The van der Waals surface area contributed by atoms with Gasteiger partial charge in [0.25, 0.3) is 5.91 Å². The van der Waals surface area contributed by atoms with E-state index in [1.165, 1.54) is 17.9 Å². The topological polar surface area (TPSA) is 80.8 Å². The largest absolute Gasteiger partial charge is 0.449 e. The molecule has 1 saturated heterocycles. The standard InChI is InChI=1S/C18H23NO5S/c1-13-5-4-6-15(11-13)7-8-17(20)24-14(2)18(21)19(3)16-9-10-25(22,23)12-16/h4-8,11,14,16H,9-10,12H2,1-3H3/b8-7+/t14-,16+/m0/s1. The third-order valence-corrected chi connectivity index (χ3v) is 5.95. The molecule has 136 valence electrons. The van der Waals surface area contributed by atoms with Gasteiger partial charge in [-0.2, -0.15) is 0 Å². The highest BCUT2D eigenvalue weighted by Gasteiger charge is 2.34. The number of carbonyl (C=O) groups is 2. The number of carbonyl (C=O) groups excluding carboxylic acids is 2. The zero-order valence-corrected chi connectivity index (χ0v) is 15.5. The van der Waals surface area contributed by atoms with Gasteiger partial charge in [-0.05, 0) is 31.9 Å². The molecule has 1 aromatic rings. The maximum atomic E-state index is 12.3. The molecule has 0 unspecified atom stereocenters. The number of nitrogens with zero attached hydrogens (tertiary/aromatic N) is 1. The second kappa shape index (κ2) is 7.82. The second-order valence-corrected chi connectivity index (χ2v) is 8.56. The van der Waals surface area contributed by atoms with Crippen LogP contribution in [0, 0.1) is 6.92 Å². The highest BCUT2D eigenvalue weighted by atomic mass is 32.2. The van der Waals surface area contributed by atoms with Crippen LogP contribution in [0.15, 0.2) is 30.3 Å². The van der Waals surface area contributed by atoms with Crippen LogP contribution in [-0.4, -0.2) is 55.9 Å². The molecule has 2 rings (SSSR count). The van der Waals surface area contributed by atoms with E-state index in [0.717, 1.165) is 11.1 Å². The minimum absolute atomic E-state index is 0.0385. The second-order valence-electron chi connectivity index (χ2n) is 6.33. The highest BCUT2D eigenvalue weighted by Crippen LogP contribution is 2.17. The summed E-state index contributed by atoms with van der Waals surface area (Å²) in [7, 11) is -1.54. The molecule has 1 amide bonds. The molecule has 1 aliphatic heterocycles. The number of esters is 1. The van der Waals surface area contributed by atoms with Crippen molar-refractivity contribution in [2.45, 2.75) is 32.4 Å². The van der Waals surface area contributed by atoms with Crippen molar-refractivity contribution in [3.05, 3.63) is 41.5 Å². The minimum atomic E-state index is -3.08. The average molecular weight is 365 g/mol. The van der Waals surface area contributed by atoms with Crippen molar-refractivity contribution in [3.63, 3.8) is 0 Å². The summed E-state index contributed by atoms with van der Waals surface area (Å²) in [5, 5.41) is 0. The minimum Gasteiger partial charge on any atom is -0.449 e. The predicted molar refractivity (Wildman–Crippen MR) is 95.6 cm³/mol. The van der Waals surface area contributed by atoms with Crippen LogP contribution in [-0.2, 0) is 24.2 Å². The Bertz CT molecular complexity index is 784. The summed E-state index contributed by atoms with van der Waals surface area (Å²) in [6, 6.07) is 7.26. The smallest absolute Gasteiger partial charge is 0.331 e. The molecule has 0 N–H and O–H groups in total. The third kappa shape index (κ3) is 5.42. The van der Waals surface area contributed by atoms with E-state index in [2.05, 4.69) is 0 Å². The van der Waals surface area contributed by atoms with Crippen molar-refractivity contribution in [2.24, 2.45) is 0 Å². The molecule has 1 heterocycles. The zero-order chi connectivity index (χ0) is 18.6. The van der Waals surface area contributed by atoms with Crippen molar-refractivity contribution < 1.29 is 22.7 Å². The molecule has 1 fully saturated rings. The number of hydrogen-bond donors (Lipinski definition) is 0. The third-order valence-electron chi connectivity index (χ3n) is 4.20. The fourth-order valence-corrected chi connectivity index (χ4v) is 4.52. The first-order valence-electron chi connectivity index (χ1n) is 8.10. The zero-order valence-electron chi connectivity index (χ0n) is 14.6. The number of aryl methyl sites for hydroxylation is 1. The molecule has 7 heteroatoms. The molecule has 0 bridgehead atoms. The summed E-state index contributed by atoms with van der Waals surface area (Å²) in [4.78, 5) is 25.6. The highest BCUT2D eigenvalue weighted by molar-refractivity contribution is 7.91. The lowest BCUT2D eigenvalue weighted by molar-refractivity contribution is -0.155. The SMILES string of the molecule is Cc1cccc(/C=C/C(=O)O[C@@H](C)C(=O)N(C)[C@@H]2CCS(=O)(=O)C2)c1. The van der Waals surface area contributed by atoms with Crippen LogP contribution in [0.3, 0.4) is 0 Å². The Morgan fingerprint density at radius 2 is 2.08 bits per heavy atom. The summed E-state index contributed by atoms with van der Waals surface area (Å²) in [6.07, 6.45) is 2.35. The van der Waals surface area contributed by atoms with Gasteiger partial charge in [0.15, 0.2) is 15.9 Å². The molecule has 0 spiro atoms. The lowest BCUT2D eigenvalue weighted by Gasteiger charge is -2.26. The Kier molecular flexibility index (Phi) is 6.00. The Balaban J connectivity index is 1.90. The molecule has 0 aliphatic carbocycles. The first-order chi connectivity index (χ1) is 11.7. The van der Waals surface area contributed by atoms with Gasteiger partial charge in [0.1, 0.15) is 0 Å². The van der Waals surface area contributed by atoms with E-state index in [-0.39, 0.29) is 17.5 Å². The number of ether oxygens (including phenoxy) is 1. The van der Waals surface area contributed by atoms with E-state index in [1.54, 1.807) is 13.1 Å². The molecule has 1 aliphatic rings. The summed E-state index contributed by atoms with van der Waals surface area (Å²) in [5.41, 5.74) is 1.94. The summed E-state index contributed by atoms with van der Waals surface area (Å²) >= 11 is 0. The summed E-state index contributed by atoms with van der Waals surface area (Å²) in [5.74, 6) is -0.972. The fourth-order valence-electron chi connectivity index (χ4n) is 2.75. The number of likely N-dealkylation sites (N-methyl/N-ethyl adjacent to an activating group) is 1. The Morgan fingerprint density at radius 3 is 2.68 bits per heavy atom. The number of rotatable bonds is 5. The lowest BCUT2D eigenvalue weighted by Crippen LogP contribution is -2.44. The Hall–Kier alpha value is -2.15. The van der Waals surface area contributed by atoms with E-state index in [1.807, 2.05) is 31.2 Å². The van der Waals surface area contributed by atoms with Gasteiger partial charge < -0.3 is 9.64 Å². The maximum Gasteiger partial charge on any atom is 0.331 e. The summed E-state index contributed by atoms with van der Waals surface area (Å²) in [6.45, 7) is 3.44. The van der Waals surface area contributed by atoms with Gasteiger partial charge in [0, 0.05) is 19.2 Å². The van der Waals surface area contributed by atoms with Crippen molar-refractivity contribution in [1.82, 2.24) is 4.90 Å². The van der Waals surface area contributed by atoms with E-state index in [9.17, 15) is 18.0 Å². The molecular weight excluding hydrogens is 342 g/mol. The van der Waals surface area contributed by atoms with Gasteiger partial charge in [-0.1, -0.05) is 29.8 Å². The molecule has 0 saturated carbocycles. The van der Waals surface area contributed by atoms with Crippen LogP contribution in [0.4, 0.5) is 0 Å². The van der Waals surface area contributed by atoms with Crippen LogP contribution in [0.25, 0.3) is 6.08 Å². The van der Waals surface area contributed by atoms with Crippen LogP contribution in [0.5, 0.6) is 0 Å². The molecule has 0 aromatic heterocycles. The molecule has 2 atom stereocenters. The van der Waals surface area contributed by atoms with E-state index >= 15 is 0 Å². The number of hydrogen-bond acceptors (Lipinski definition) is 5. The molecule has 0 radical (unpaired) electrons. The molecule has 6 nitrogen and oxygen atoms in total. The number of benzene rings is 1. The Morgan fingerprint density at radius 1 is 1.36 bits per heavy atom. The molecule has 25 heavy (non-hydrogen) atoms. The van der Waals surface area contributed by atoms with Crippen LogP contribution in [0.2, 0.25) is 0 Å². The van der Waals surface area contributed by atoms with Gasteiger partial charge >= 0.3 is 5.97 Å². The Labute approximate surface area is 148 Å². The molecule has 1 aromatic carbocycles. The van der Waals surface area contributed by atoms with Crippen LogP contribution < -0.4 is 0 Å². The quantitative estimate of drug-likeness (QED) is 0.585. The average Bonchev–Trinajstić information content (AvgIpc) is 2.91. The van der Waals surface area contributed by atoms with Gasteiger partial charge in [-0.3, -0.25) is 4.79 Å². The van der Waals surface area contributed by atoms with Crippen molar-refractivity contribution in [2.75, 3.05) is 18.6 Å². The van der Waals surface area contributed by atoms with Crippen molar-refractivity contribution in [1.29, 1.82) is 0 Å². The molecular formula is C18H23NO5S. The van der Waals surface area contributed by atoms with Gasteiger partial charge in [-0.25, -0.2) is 13.2 Å². The van der Waals surface area contributed by atoms with E-state index in [0.29, 0.717) is 6.42 Å². The summed E-state index contributed by atoms with van der Waals surface area (Å²) < 4.78 is 28.2. The van der Waals surface area contributed by atoms with Crippen molar-refractivity contribution >= 4 is 27.8 Å². The normalized spacial score (nSPS) is 20.4. The lowest BCUT2D eigenvalue weighted by atomic mass is 10.1. The van der Waals surface area contributed by atoms with E-state index < -0.39 is 27.8 Å². The number of sulfone groups is 1. The van der Waals surface area contributed by atoms with Crippen LogP contribution in [0.1, 0.15) is 24.5 Å². The predicted octanol–water partition coefficient (Wildman–Crippen LogP) is 1.59. The first kappa shape index (κ1) is 19.2. The van der Waals surface area contributed by atoms with Gasteiger partial charge in [0.05, 0.1) is 11.5 Å². The monoisotopic (exact) mass is 365 g/mol. The van der Waals surface area contributed by atoms with Gasteiger partial charge in [-0.15, -0.1) is 0 Å². The fraction of sp³-hybridized carbons (Fsp3) is 0.444.